The second-order valence-electron chi connectivity index (χ2n) is 4.24. The highest BCUT2D eigenvalue weighted by Gasteiger charge is 2.12. The lowest BCUT2D eigenvalue weighted by Crippen LogP contribution is -2.23. The number of esters is 1. The van der Waals surface area contributed by atoms with Gasteiger partial charge >= 0.3 is 5.97 Å². The lowest BCUT2D eigenvalue weighted by atomic mass is 10.1. The fraction of sp³-hybridized carbons (Fsp3) is 0.500. The van der Waals surface area contributed by atoms with Crippen LogP contribution in [0.5, 0.6) is 0 Å². The van der Waals surface area contributed by atoms with Gasteiger partial charge in [0.1, 0.15) is 5.82 Å². The van der Waals surface area contributed by atoms with Gasteiger partial charge in [0.15, 0.2) is 0 Å². The van der Waals surface area contributed by atoms with E-state index in [4.69, 9.17) is 4.74 Å². The topological polar surface area (TPSA) is 38.8 Å². The van der Waals surface area contributed by atoms with E-state index in [1.165, 1.54) is 19.2 Å². The molecule has 1 rings (SSSR count). The van der Waals surface area contributed by atoms with E-state index < -0.39 is 11.8 Å². The van der Waals surface area contributed by atoms with Crippen LogP contribution in [0.1, 0.15) is 22.8 Å². The largest absolute Gasteiger partial charge is 0.465 e. The van der Waals surface area contributed by atoms with Crippen molar-refractivity contribution in [1.29, 1.82) is 0 Å². The molecule has 0 amide bonds. The van der Waals surface area contributed by atoms with Gasteiger partial charge in [-0.05, 0) is 31.7 Å². The molecule has 0 N–H and O–H groups in total. The number of rotatable bonds is 7. The molecule has 19 heavy (non-hydrogen) atoms. The van der Waals surface area contributed by atoms with Gasteiger partial charge in [-0.3, -0.25) is 4.90 Å². The summed E-state index contributed by atoms with van der Waals surface area (Å²) in [6.07, 6.45) is 0. The van der Waals surface area contributed by atoms with Crippen molar-refractivity contribution in [2.75, 3.05) is 33.9 Å². The molecule has 0 radical (unpaired) electrons. The number of halogens is 1. The molecule has 0 saturated carbocycles. The second-order valence-corrected chi connectivity index (χ2v) is 4.24. The lowest BCUT2D eigenvalue weighted by molar-refractivity contribution is 0.0595. The number of benzene rings is 1. The molecule has 0 bridgehead atoms. The van der Waals surface area contributed by atoms with Gasteiger partial charge < -0.3 is 9.47 Å². The van der Waals surface area contributed by atoms with Crippen molar-refractivity contribution < 1.29 is 18.7 Å². The summed E-state index contributed by atoms with van der Waals surface area (Å²) in [6.45, 7) is 4.66. The Hall–Kier alpha value is -1.46. The first kappa shape index (κ1) is 15.6. The number of likely N-dealkylation sites (N-methyl/N-ethyl adjacent to an activating group) is 1. The molecule has 0 saturated heterocycles. The van der Waals surface area contributed by atoms with Crippen LogP contribution in [-0.4, -0.2) is 44.8 Å². The maximum atomic E-state index is 13.7. The highest BCUT2D eigenvalue weighted by molar-refractivity contribution is 5.89. The van der Waals surface area contributed by atoms with Crippen molar-refractivity contribution in [3.63, 3.8) is 0 Å². The summed E-state index contributed by atoms with van der Waals surface area (Å²) >= 11 is 0. The van der Waals surface area contributed by atoms with E-state index in [0.717, 1.165) is 12.1 Å². The minimum Gasteiger partial charge on any atom is -0.465 e. The second kappa shape index (κ2) is 7.86. The fourth-order valence-electron chi connectivity index (χ4n) is 1.69. The van der Waals surface area contributed by atoms with Gasteiger partial charge in [-0.1, -0.05) is 6.07 Å². The molecule has 0 aliphatic rings. The summed E-state index contributed by atoms with van der Waals surface area (Å²) in [5.74, 6) is -1.21. The molecule has 106 valence electrons. The average molecular weight is 269 g/mol. The standard InChI is InChI=1S/C14H20FNO3/c1-4-19-8-7-16(2)10-11-5-6-12(13(15)9-11)14(17)18-3/h5-6,9H,4,7-8,10H2,1-3H3. The minimum absolute atomic E-state index is 0.0387. The van der Waals surface area contributed by atoms with Gasteiger partial charge in [0.2, 0.25) is 0 Å². The average Bonchev–Trinajstić information content (AvgIpc) is 2.38. The summed E-state index contributed by atoms with van der Waals surface area (Å²) in [5, 5.41) is 0. The molecule has 4 nitrogen and oxygen atoms in total. The van der Waals surface area contributed by atoms with E-state index in [-0.39, 0.29) is 5.56 Å². The van der Waals surface area contributed by atoms with Gasteiger partial charge in [0.05, 0.1) is 19.3 Å². The molecule has 0 aromatic heterocycles. The third-order valence-corrected chi connectivity index (χ3v) is 2.71. The van der Waals surface area contributed by atoms with Crippen molar-refractivity contribution in [1.82, 2.24) is 4.90 Å². The van der Waals surface area contributed by atoms with E-state index in [1.54, 1.807) is 6.07 Å². The fourth-order valence-corrected chi connectivity index (χ4v) is 1.69. The normalized spacial score (nSPS) is 10.8. The maximum Gasteiger partial charge on any atom is 0.340 e. The van der Waals surface area contributed by atoms with Gasteiger partial charge in [0, 0.05) is 19.7 Å². The Morgan fingerprint density at radius 3 is 2.74 bits per heavy atom. The molecule has 0 heterocycles. The van der Waals surface area contributed by atoms with Crippen molar-refractivity contribution >= 4 is 5.97 Å². The Morgan fingerprint density at radius 1 is 1.42 bits per heavy atom. The number of hydrogen-bond acceptors (Lipinski definition) is 4. The highest BCUT2D eigenvalue weighted by Crippen LogP contribution is 2.13. The number of carbonyl (C=O) groups is 1. The Kier molecular flexibility index (Phi) is 6.45. The number of ether oxygens (including phenoxy) is 2. The van der Waals surface area contributed by atoms with Gasteiger partial charge in [-0.2, -0.15) is 0 Å². The molecule has 0 spiro atoms. The molecule has 1 aromatic rings. The molecule has 0 aliphatic carbocycles. The van der Waals surface area contributed by atoms with Crippen LogP contribution in [0.4, 0.5) is 4.39 Å². The lowest BCUT2D eigenvalue weighted by Gasteiger charge is -2.16. The van der Waals surface area contributed by atoms with Crippen LogP contribution in [-0.2, 0) is 16.0 Å². The molecular weight excluding hydrogens is 249 g/mol. The SMILES string of the molecule is CCOCCN(C)Cc1ccc(C(=O)OC)c(F)c1. The van der Waals surface area contributed by atoms with Crippen LogP contribution < -0.4 is 0 Å². The Bertz CT molecular complexity index is 423. The monoisotopic (exact) mass is 269 g/mol. The summed E-state index contributed by atoms with van der Waals surface area (Å²) in [5.41, 5.74) is 0.771. The van der Waals surface area contributed by atoms with Gasteiger partial charge in [-0.25, -0.2) is 9.18 Å². The quantitative estimate of drug-likeness (QED) is 0.561. The third-order valence-electron chi connectivity index (χ3n) is 2.71. The number of carbonyl (C=O) groups excluding carboxylic acids is 1. The van der Waals surface area contributed by atoms with E-state index >= 15 is 0 Å². The van der Waals surface area contributed by atoms with Crippen LogP contribution in [0, 0.1) is 5.82 Å². The molecule has 0 atom stereocenters. The predicted octanol–water partition coefficient (Wildman–Crippen LogP) is 2.08. The first-order valence-electron chi connectivity index (χ1n) is 6.21. The summed E-state index contributed by atoms with van der Waals surface area (Å²) < 4.78 is 23.5. The Labute approximate surface area is 113 Å². The van der Waals surface area contributed by atoms with Crippen LogP contribution in [0.25, 0.3) is 0 Å². The zero-order valence-electron chi connectivity index (χ0n) is 11.6. The summed E-state index contributed by atoms with van der Waals surface area (Å²) in [4.78, 5) is 13.3. The summed E-state index contributed by atoms with van der Waals surface area (Å²) in [7, 11) is 3.17. The molecule has 0 aliphatic heterocycles. The molecular formula is C14H20FNO3. The number of methoxy groups -OCH3 is 1. The van der Waals surface area contributed by atoms with E-state index in [9.17, 15) is 9.18 Å². The van der Waals surface area contributed by atoms with Crippen molar-refractivity contribution in [2.45, 2.75) is 13.5 Å². The zero-order valence-corrected chi connectivity index (χ0v) is 11.6. The number of hydrogen-bond donors (Lipinski definition) is 0. The Morgan fingerprint density at radius 2 is 2.16 bits per heavy atom. The van der Waals surface area contributed by atoms with Crippen LogP contribution in [0.3, 0.4) is 0 Å². The van der Waals surface area contributed by atoms with Crippen molar-refractivity contribution in [3.05, 3.63) is 35.1 Å². The first-order chi connectivity index (χ1) is 9.08. The third kappa shape index (κ3) is 4.96. The van der Waals surface area contributed by atoms with Gasteiger partial charge in [0.25, 0.3) is 0 Å². The number of nitrogens with zero attached hydrogens (tertiary/aromatic N) is 1. The van der Waals surface area contributed by atoms with Crippen molar-refractivity contribution in [3.8, 4) is 0 Å². The zero-order chi connectivity index (χ0) is 14.3. The molecule has 1 aromatic carbocycles. The van der Waals surface area contributed by atoms with Crippen LogP contribution in [0.15, 0.2) is 18.2 Å². The predicted molar refractivity (Wildman–Crippen MR) is 70.6 cm³/mol. The minimum atomic E-state index is -0.659. The van der Waals surface area contributed by atoms with E-state index in [2.05, 4.69) is 4.74 Å². The van der Waals surface area contributed by atoms with E-state index in [0.29, 0.717) is 19.8 Å². The van der Waals surface area contributed by atoms with Crippen LogP contribution in [0.2, 0.25) is 0 Å². The van der Waals surface area contributed by atoms with E-state index in [1.807, 2.05) is 18.9 Å². The van der Waals surface area contributed by atoms with Crippen molar-refractivity contribution in [2.24, 2.45) is 0 Å². The molecule has 0 fully saturated rings. The Balaban J connectivity index is 2.60. The first-order valence-corrected chi connectivity index (χ1v) is 6.21. The highest BCUT2D eigenvalue weighted by atomic mass is 19.1. The van der Waals surface area contributed by atoms with Gasteiger partial charge in [-0.15, -0.1) is 0 Å². The van der Waals surface area contributed by atoms with Crippen LogP contribution >= 0.6 is 0 Å². The smallest absolute Gasteiger partial charge is 0.340 e. The maximum absolute atomic E-state index is 13.7. The molecule has 5 heteroatoms. The summed E-state index contributed by atoms with van der Waals surface area (Å²) in [6, 6.07) is 4.54. The molecule has 0 unspecified atom stereocenters.